The summed E-state index contributed by atoms with van der Waals surface area (Å²) in [6, 6.07) is 12.7. The number of hydrogen-bond donors (Lipinski definition) is 1. The van der Waals surface area contributed by atoms with Crippen molar-refractivity contribution in [3.05, 3.63) is 53.8 Å². The largest absolute Gasteiger partial charge is 0.492 e. The van der Waals surface area contributed by atoms with Gasteiger partial charge in [-0.05, 0) is 36.8 Å². The van der Waals surface area contributed by atoms with Crippen molar-refractivity contribution in [3.63, 3.8) is 0 Å². The Balaban J connectivity index is 1.76. The quantitative estimate of drug-likeness (QED) is 0.801. The number of aryl methyl sites for hydroxylation is 1. The van der Waals surface area contributed by atoms with Crippen LogP contribution in [0.5, 0.6) is 5.75 Å². The maximum Gasteiger partial charge on any atom is 0.201 e. The molecule has 1 aromatic heterocycles. The highest BCUT2D eigenvalue weighted by atomic mass is 19.1. The minimum absolute atomic E-state index is 0.294. The number of rotatable bonds is 4. The van der Waals surface area contributed by atoms with Crippen LogP contribution in [0.1, 0.15) is 5.56 Å². The number of nitrogens with zero attached hydrogens (tertiary/aromatic N) is 2. The van der Waals surface area contributed by atoms with Crippen molar-refractivity contribution in [2.45, 2.75) is 13.5 Å². The summed E-state index contributed by atoms with van der Waals surface area (Å²) in [6.07, 6.45) is 0. The fourth-order valence-electron chi connectivity index (χ4n) is 2.33. The topological polar surface area (TPSA) is 53.1 Å². The predicted molar refractivity (Wildman–Crippen MR) is 80.8 cm³/mol. The predicted octanol–water partition coefficient (Wildman–Crippen LogP) is 3.15. The molecule has 108 valence electrons. The van der Waals surface area contributed by atoms with Crippen LogP contribution in [0, 0.1) is 12.7 Å². The Morgan fingerprint density at radius 1 is 1.24 bits per heavy atom. The van der Waals surface area contributed by atoms with Crippen LogP contribution < -0.4 is 10.5 Å². The van der Waals surface area contributed by atoms with Gasteiger partial charge in [0.2, 0.25) is 5.95 Å². The molecule has 0 aliphatic carbocycles. The number of anilines is 1. The lowest BCUT2D eigenvalue weighted by atomic mass is 10.2. The molecule has 0 aliphatic heterocycles. The highest BCUT2D eigenvalue weighted by molar-refractivity contribution is 5.78. The Morgan fingerprint density at radius 2 is 2.05 bits per heavy atom. The van der Waals surface area contributed by atoms with Crippen molar-refractivity contribution in [2.24, 2.45) is 0 Å². The van der Waals surface area contributed by atoms with E-state index in [9.17, 15) is 4.39 Å². The first-order valence-electron chi connectivity index (χ1n) is 6.75. The number of imidazole rings is 1. The van der Waals surface area contributed by atoms with Gasteiger partial charge < -0.3 is 15.0 Å². The first-order chi connectivity index (χ1) is 10.1. The van der Waals surface area contributed by atoms with Crippen molar-refractivity contribution in [1.82, 2.24) is 9.55 Å². The number of para-hydroxylation sites is 1. The maximum absolute atomic E-state index is 13.6. The minimum atomic E-state index is -0.363. The summed E-state index contributed by atoms with van der Waals surface area (Å²) in [4.78, 5) is 4.06. The van der Waals surface area contributed by atoms with Crippen molar-refractivity contribution in [3.8, 4) is 5.75 Å². The van der Waals surface area contributed by atoms with Crippen LogP contribution in [0.2, 0.25) is 0 Å². The van der Waals surface area contributed by atoms with Crippen LogP contribution in [0.3, 0.4) is 0 Å². The van der Waals surface area contributed by atoms with Crippen molar-refractivity contribution in [2.75, 3.05) is 12.3 Å². The van der Waals surface area contributed by atoms with E-state index in [2.05, 4.69) is 4.98 Å². The average Bonchev–Trinajstić information content (AvgIpc) is 2.77. The maximum atomic E-state index is 13.6. The Hall–Kier alpha value is -2.56. The van der Waals surface area contributed by atoms with Crippen LogP contribution in [0.25, 0.3) is 11.0 Å². The van der Waals surface area contributed by atoms with Gasteiger partial charge in [-0.1, -0.05) is 18.2 Å². The van der Waals surface area contributed by atoms with Crippen molar-refractivity contribution < 1.29 is 9.13 Å². The first kappa shape index (κ1) is 13.4. The van der Waals surface area contributed by atoms with E-state index < -0.39 is 0 Å². The number of aromatic nitrogens is 2. The lowest BCUT2D eigenvalue weighted by Gasteiger charge is -2.09. The average molecular weight is 285 g/mol. The zero-order valence-electron chi connectivity index (χ0n) is 11.7. The van der Waals surface area contributed by atoms with E-state index in [0.717, 1.165) is 11.3 Å². The minimum Gasteiger partial charge on any atom is -0.492 e. The summed E-state index contributed by atoms with van der Waals surface area (Å²) in [7, 11) is 0. The molecule has 3 rings (SSSR count). The first-order valence-corrected chi connectivity index (χ1v) is 6.75. The van der Waals surface area contributed by atoms with Crippen LogP contribution in [-0.4, -0.2) is 16.2 Å². The van der Waals surface area contributed by atoms with Gasteiger partial charge in [0.1, 0.15) is 17.9 Å². The highest BCUT2D eigenvalue weighted by Crippen LogP contribution is 2.20. The summed E-state index contributed by atoms with van der Waals surface area (Å²) in [5.41, 5.74) is 7.97. The molecule has 0 bridgehead atoms. The second-order valence-corrected chi connectivity index (χ2v) is 4.89. The molecule has 1 heterocycles. The second-order valence-electron chi connectivity index (χ2n) is 4.89. The molecule has 0 amide bonds. The molecule has 0 unspecified atom stereocenters. The van der Waals surface area contributed by atoms with Crippen LogP contribution in [0.15, 0.2) is 42.5 Å². The lowest BCUT2D eigenvalue weighted by Crippen LogP contribution is -2.10. The zero-order chi connectivity index (χ0) is 14.8. The van der Waals surface area contributed by atoms with Crippen LogP contribution in [0.4, 0.5) is 10.3 Å². The van der Waals surface area contributed by atoms with Gasteiger partial charge in [-0.2, -0.15) is 0 Å². The molecular formula is C16H16FN3O. The molecule has 3 aromatic rings. The van der Waals surface area contributed by atoms with Gasteiger partial charge in [-0.15, -0.1) is 0 Å². The summed E-state index contributed by atoms with van der Waals surface area (Å²) in [6.45, 7) is 2.96. The Kier molecular flexibility index (Phi) is 3.48. The molecule has 5 heteroatoms. The molecule has 0 radical (unpaired) electrons. The molecule has 4 nitrogen and oxygen atoms in total. The Morgan fingerprint density at radius 3 is 2.86 bits per heavy atom. The molecule has 0 saturated heterocycles. The van der Waals surface area contributed by atoms with Crippen molar-refractivity contribution >= 4 is 17.0 Å². The second kappa shape index (κ2) is 5.44. The smallest absolute Gasteiger partial charge is 0.201 e. The third-order valence-corrected chi connectivity index (χ3v) is 3.33. The molecule has 0 spiro atoms. The van der Waals surface area contributed by atoms with E-state index in [1.54, 1.807) is 16.7 Å². The fourth-order valence-corrected chi connectivity index (χ4v) is 2.33. The van der Waals surface area contributed by atoms with Crippen LogP contribution in [-0.2, 0) is 6.54 Å². The zero-order valence-corrected chi connectivity index (χ0v) is 11.7. The molecule has 21 heavy (non-hydrogen) atoms. The van der Waals surface area contributed by atoms with Gasteiger partial charge in [0, 0.05) is 0 Å². The van der Waals surface area contributed by atoms with Crippen LogP contribution >= 0.6 is 0 Å². The summed E-state index contributed by atoms with van der Waals surface area (Å²) >= 11 is 0. The normalized spacial score (nSPS) is 11.0. The monoisotopic (exact) mass is 285 g/mol. The number of fused-ring (bicyclic) bond motifs is 1. The highest BCUT2D eigenvalue weighted by Gasteiger charge is 2.11. The molecular weight excluding hydrogens is 269 g/mol. The van der Waals surface area contributed by atoms with Gasteiger partial charge in [0.05, 0.1) is 12.1 Å². The third kappa shape index (κ3) is 2.67. The standard InChI is InChI=1S/C16H16FN3O/c1-11-4-2-5-12(10-11)21-9-8-20-14-7-3-6-13(17)15(14)19-16(20)18/h2-7,10H,8-9H2,1H3,(H2,18,19). The molecule has 2 aromatic carbocycles. The van der Waals surface area contributed by atoms with E-state index in [0.29, 0.717) is 30.1 Å². The number of halogens is 1. The number of benzene rings is 2. The van der Waals surface area contributed by atoms with E-state index >= 15 is 0 Å². The summed E-state index contributed by atoms with van der Waals surface area (Å²) in [5, 5.41) is 0. The SMILES string of the molecule is Cc1cccc(OCCn2c(N)nc3c(F)cccc32)c1. The van der Waals surface area contributed by atoms with Gasteiger partial charge in [-0.3, -0.25) is 0 Å². The lowest BCUT2D eigenvalue weighted by molar-refractivity contribution is 0.301. The number of nitrogen functional groups attached to an aromatic ring is 1. The van der Waals surface area contributed by atoms with E-state index in [4.69, 9.17) is 10.5 Å². The molecule has 0 aliphatic rings. The molecule has 0 atom stereocenters. The van der Waals surface area contributed by atoms with Gasteiger partial charge in [0.15, 0.2) is 5.82 Å². The van der Waals surface area contributed by atoms with Crippen molar-refractivity contribution in [1.29, 1.82) is 0 Å². The summed E-state index contributed by atoms with van der Waals surface area (Å²) < 4.78 is 21.1. The molecule has 0 saturated carbocycles. The summed E-state index contributed by atoms with van der Waals surface area (Å²) in [5.74, 6) is 0.740. The number of hydrogen-bond acceptors (Lipinski definition) is 3. The molecule has 2 N–H and O–H groups in total. The van der Waals surface area contributed by atoms with E-state index in [1.807, 2.05) is 31.2 Å². The fraction of sp³-hybridized carbons (Fsp3) is 0.188. The number of nitrogens with two attached hydrogens (primary N) is 1. The van der Waals surface area contributed by atoms with Gasteiger partial charge in [0.25, 0.3) is 0 Å². The third-order valence-electron chi connectivity index (χ3n) is 3.33. The van der Waals surface area contributed by atoms with E-state index in [1.165, 1.54) is 6.07 Å². The van der Waals surface area contributed by atoms with Gasteiger partial charge in [-0.25, -0.2) is 9.37 Å². The Labute approximate surface area is 122 Å². The number of ether oxygens (including phenoxy) is 1. The molecule has 0 fully saturated rings. The van der Waals surface area contributed by atoms with Gasteiger partial charge >= 0.3 is 0 Å². The Bertz CT molecular complexity index is 782. The van der Waals surface area contributed by atoms with E-state index in [-0.39, 0.29) is 5.82 Å².